The van der Waals surface area contributed by atoms with E-state index in [9.17, 15) is 0 Å². The van der Waals surface area contributed by atoms with Gasteiger partial charge in [-0.15, -0.1) is 10.2 Å². The van der Waals surface area contributed by atoms with E-state index in [1.165, 1.54) is 5.56 Å². The van der Waals surface area contributed by atoms with Crippen LogP contribution in [-0.2, 0) is 5.75 Å². The van der Waals surface area contributed by atoms with Crippen LogP contribution in [0.3, 0.4) is 0 Å². The number of thioether (sulfide) groups is 2. The first-order valence-electron chi connectivity index (χ1n) is 6.14. The molecule has 0 fully saturated rings. The first-order valence-corrected chi connectivity index (χ1v) is 9.17. The molecule has 21 heavy (non-hydrogen) atoms. The fourth-order valence-electron chi connectivity index (χ4n) is 1.59. The molecule has 0 amide bonds. The highest BCUT2D eigenvalue weighted by Crippen LogP contribution is 2.29. The second-order valence-electron chi connectivity index (χ2n) is 4.20. The molecule has 5 nitrogen and oxygen atoms in total. The van der Waals surface area contributed by atoms with Gasteiger partial charge in [0, 0.05) is 5.56 Å². The van der Waals surface area contributed by atoms with Crippen molar-refractivity contribution in [1.82, 2.24) is 20.3 Å². The van der Waals surface area contributed by atoms with Crippen LogP contribution in [0.1, 0.15) is 11.5 Å². The van der Waals surface area contributed by atoms with Crippen molar-refractivity contribution in [3.63, 3.8) is 0 Å². The topological polar surface area (TPSA) is 64.7 Å². The Morgan fingerprint density at radius 1 is 1.14 bits per heavy atom. The Labute approximate surface area is 134 Å². The summed E-state index contributed by atoms with van der Waals surface area (Å²) in [4.78, 5) is 4.40. The van der Waals surface area contributed by atoms with Gasteiger partial charge in [0.25, 0.3) is 0 Å². The van der Waals surface area contributed by atoms with Gasteiger partial charge >= 0.3 is 0 Å². The van der Waals surface area contributed by atoms with Gasteiger partial charge in [-0.25, -0.2) is 0 Å². The number of nitrogens with zero attached hydrogens (tertiary/aromatic N) is 4. The summed E-state index contributed by atoms with van der Waals surface area (Å²) in [5.74, 6) is 1.81. The molecule has 2 aromatic heterocycles. The van der Waals surface area contributed by atoms with Gasteiger partial charge in [0.2, 0.25) is 11.7 Å². The van der Waals surface area contributed by atoms with E-state index in [2.05, 4.69) is 20.3 Å². The molecule has 108 valence electrons. The van der Waals surface area contributed by atoms with Crippen LogP contribution in [-0.4, -0.2) is 26.6 Å². The molecule has 0 bridgehead atoms. The zero-order valence-electron chi connectivity index (χ0n) is 11.4. The van der Waals surface area contributed by atoms with Gasteiger partial charge in [-0.1, -0.05) is 69.8 Å². The van der Waals surface area contributed by atoms with Crippen LogP contribution in [0.5, 0.6) is 0 Å². The Morgan fingerprint density at radius 2 is 1.90 bits per heavy atom. The largest absolute Gasteiger partial charge is 0.338 e. The fourth-order valence-corrected chi connectivity index (χ4v) is 3.87. The number of hydrogen-bond donors (Lipinski definition) is 0. The highest BCUT2D eigenvalue weighted by molar-refractivity contribution is 8.02. The minimum atomic E-state index is 0.594. The standard InChI is InChI=1S/C13H12N4OS3/c1-8-3-5-9(6-4-8)11-14-10(18-17-11)7-20-13-16-15-12(19-2)21-13/h3-6H,7H2,1-2H3. The van der Waals surface area contributed by atoms with Gasteiger partial charge in [-0.3, -0.25) is 0 Å². The minimum Gasteiger partial charge on any atom is -0.338 e. The Bertz CT molecular complexity index is 723. The van der Waals surface area contributed by atoms with E-state index in [0.717, 1.165) is 14.2 Å². The highest BCUT2D eigenvalue weighted by Gasteiger charge is 2.10. The molecule has 0 unspecified atom stereocenters. The normalized spacial score (nSPS) is 11.0. The predicted molar refractivity (Wildman–Crippen MR) is 85.7 cm³/mol. The molecule has 3 rings (SSSR count). The van der Waals surface area contributed by atoms with Crippen molar-refractivity contribution in [1.29, 1.82) is 0 Å². The first-order chi connectivity index (χ1) is 10.2. The summed E-state index contributed by atoms with van der Waals surface area (Å²) in [6.07, 6.45) is 1.99. The molecule has 0 saturated heterocycles. The molecule has 0 aliphatic rings. The maximum atomic E-state index is 5.27. The van der Waals surface area contributed by atoms with Crippen molar-refractivity contribution >= 4 is 34.9 Å². The number of rotatable bonds is 5. The summed E-state index contributed by atoms with van der Waals surface area (Å²) in [7, 11) is 0. The van der Waals surface area contributed by atoms with Crippen LogP contribution < -0.4 is 0 Å². The van der Waals surface area contributed by atoms with Gasteiger partial charge in [-0.2, -0.15) is 4.98 Å². The second-order valence-corrected chi connectivity index (χ2v) is 7.46. The minimum absolute atomic E-state index is 0.594. The zero-order valence-corrected chi connectivity index (χ0v) is 13.9. The van der Waals surface area contributed by atoms with E-state index in [1.54, 1.807) is 34.9 Å². The summed E-state index contributed by atoms with van der Waals surface area (Å²) in [5, 5.41) is 12.2. The Kier molecular flexibility index (Phi) is 4.57. The third-order valence-corrected chi connectivity index (χ3v) is 5.68. The lowest BCUT2D eigenvalue weighted by molar-refractivity contribution is 0.391. The fraction of sp³-hybridized carbons (Fsp3) is 0.231. The van der Waals surface area contributed by atoms with Crippen LogP contribution >= 0.6 is 34.9 Å². The summed E-state index contributed by atoms with van der Waals surface area (Å²) in [6.45, 7) is 2.05. The van der Waals surface area contributed by atoms with Crippen molar-refractivity contribution in [2.24, 2.45) is 0 Å². The van der Waals surface area contributed by atoms with Crippen LogP contribution in [0.4, 0.5) is 0 Å². The van der Waals surface area contributed by atoms with E-state index < -0.39 is 0 Å². The van der Waals surface area contributed by atoms with Gasteiger partial charge < -0.3 is 4.52 Å². The molecular formula is C13H12N4OS3. The molecule has 0 saturated carbocycles. The highest BCUT2D eigenvalue weighted by atomic mass is 32.2. The van der Waals surface area contributed by atoms with Crippen molar-refractivity contribution in [3.05, 3.63) is 35.7 Å². The summed E-state index contributed by atoms with van der Waals surface area (Å²) >= 11 is 4.72. The van der Waals surface area contributed by atoms with Crippen LogP contribution in [0, 0.1) is 6.92 Å². The lowest BCUT2D eigenvalue weighted by Crippen LogP contribution is -1.83. The monoisotopic (exact) mass is 336 g/mol. The van der Waals surface area contributed by atoms with Crippen LogP contribution in [0.25, 0.3) is 11.4 Å². The summed E-state index contributed by atoms with van der Waals surface area (Å²) < 4.78 is 7.15. The van der Waals surface area contributed by atoms with E-state index in [1.807, 2.05) is 37.4 Å². The molecule has 0 aliphatic heterocycles. The summed E-state index contributed by atoms with van der Waals surface area (Å²) in [6, 6.07) is 8.05. The molecule has 2 heterocycles. The third-order valence-electron chi connectivity index (χ3n) is 2.66. The Hall–Kier alpha value is -1.38. The lowest BCUT2D eigenvalue weighted by Gasteiger charge is -1.94. The van der Waals surface area contributed by atoms with E-state index in [-0.39, 0.29) is 0 Å². The number of benzene rings is 1. The molecule has 0 aliphatic carbocycles. The average Bonchev–Trinajstić information content (AvgIpc) is 3.15. The van der Waals surface area contributed by atoms with Crippen molar-refractivity contribution < 1.29 is 4.52 Å². The SMILES string of the molecule is CSc1nnc(SCc2nc(-c3ccc(C)cc3)no2)s1. The molecule has 8 heteroatoms. The number of hydrogen-bond acceptors (Lipinski definition) is 8. The van der Waals surface area contributed by atoms with Crippen LogP contribution in [0.15, 0.2) is 37.5 Å². The van der Waals surface area contributed by atoms with E-state index in [0.29, 0.717) is 17.5 Å². The van der Waals surface area contributed by atoms with Gasteiger partial charge in [0.1, 0.15) is 0 Å². The maximum absolute atomic E-state index is 5.27. The maximum Gasteiger partial charge on any atom is 0.237 e. The van der Waals surface area contributed by atoms with E-state index in [4.69, 9.17) is 4.52 Å². The number of aromatic nitrogens is 4. The molecule has 0 atom stereocenters. The van der Waals surface area contributed by atoms with E-state index >= 15 is 0 Å². The third kappa shape index (κ3) is 3.63. The molecule has 0 radical (unpaired) electrons. The van der Waals surface area contributed by atoms with Crippen molar-refractivity contribution in [2.45, 2.75) is 21.4 Å². The van der Waals surface area contributed by atoms with Crippen molar-refractivity contribution in [3.8, 4) is 11.4 Å². The smallest absolute Gasteiger partial charge is 0.237 e. The number of aryl methyl sites for hydroxylation is 1. The van der Waals surface area contributed by atoms with Gasteiger partial charge in [-0.05, 0) is 13.2 Å². The molecule has 0 spiro atoms. The Balaban J connectivity index is 1.66. The second kappa shape index (κ2) is 6.59. The lowest BCUT2D eigenvalue weighted by atomic mass is 10.1. The summed E-state index contributed by atoms with van der Waals surface area (Å²) in [5.41, 5.74) is 2.17. The Morgan fingerprint density at radius 3 is 2.62 bits per heavy atom. The van der Waals surface area contributed by atoms with Crippen LogP contribution in [0.2, 0.25) is 0 Å². The predicted octanol–water partition coefficient (Wildman–Crippen LogP) is 3.91. The molecule has 3 aromatic rings. The molecule has 1 aromatic carbocycles. The van der Waals surface area contributed by atoms with Gasteiger partial charge in [0.05, 0.1) is 5.75 Å². The first kappa shape index (κ1) is 14.6. The zero-order chi connectivity index (χ0) is 14.7. The van der Waals surface area contributed by atoms with Crippen molar-refractivity contribution in [2.75, 3.05) is 6.26 Å². The molecule has 0 N–H and O–H groups in total. The van der Waals surface area contributed by atoms with Gasteiger partial charge in [0.15, 0.2) is 8.68 Å². The molecular weight excluding hydrogens is 324 g/mol. The quantitative estimate of drug-likeness (QED) is 0.654. The average molecular weight is 336 g/mol.